The molecule has 5 nitrogen and oxygen atoms in total. The molecular formula is C20H29N5. The van der Waals surface area contributed by atoms with Gasteiger partial charge in [-0.25, -0.2) is 4.98 Å². The van der Waals surface area contributed by atoms with Crippen molar-refractivity contribution in [3.05, 3.63) is 41.9 Å². The van der Waals surface area contributed by atoms with Crippen LogP contribution in [-0.2, 0) is 6.42 Å². The molecule has 0 unspecified atom stereocenters. The Bertz CT molecular complexity index is 650. The van der Waals surface area contributed by atoms with E-state index < -0.39 is 0 Å². The minimum absolute atomic E-state index is 0.548. The van der Waals surface area contributed by atoms with Crippen molar-refractivity contribution in [2.75, 3.05) is 23.8 Å². The van der Waals surface area contributed by atoms with E-state index in [0.717, 1.165) is 30.4 Å². The molecule has 0 spiro atoms. The lowest BCUT2D eigenvalue weighted by Gasteiger charge is -2.21. The van der Waals surface area contributed by atoms with Crippen LogP contribution in [0.4, 0.5) is 11.8 Å². The van der Waals surface area contributed by atoms with Crippen molar-refractivity contribution in [3.8, 4) is 0 Å². The molecule has 1 N–H and O–H groups in total. The zero-order valence-corrected chi connectivity index (χ0v) is 15.4. The monoisotopic (exact) mass is 339 g/mol. The highest BCUT2D eigenvalue weighted by molar-refractivity contribution is 5.44. The lowest BCUT2D eigenvalue weighted by atomic mass is 10.1. The first-order valence-corrected chi connectivity index (χ1v) is 9.43. The molecule has 1 fully saturated rings. The summed E-state index contributed by atoms with van der Waals surface area (Å²) in [5.41, 5.74) is 2.29. The number of hydrogen-bond acceptors (Lipinski definition) is 5. The maximum Gasteiger partial charge on any atom is 0.227 e. The maximum absolute atomic E-state index is 4.76. The first-order valence-electron chi connectivity index (χ1n) is 9.43. The second-order valence-corrected chi connectivity index (χ2v) is 7.05. The van der Waals surface area contributed by atoms with Crippen LogP contribution in [0.25, 0.3) is 0 Å². The third-order valence-corrected chi connectivity index (χ3v) is 4.88. The van der Waals surface area contributed by atoms with E-state index >= 15 is 0 Å². The van der Waals surface area contributed by atoms with Crippen molar-refractivity contribution < 1.29 is 0 Å². The van der Waals surface area contributed by atoms with Gasteiger partial charge in [0.2, 0.25) is 5.95 Å². The molecule has 1 aliphatic rings. The Kier molecular flexibility index (Phi) is 6.20. The molecule has 0 bridgehead atoms. The average Bonchev–Trinajstić information content (AvgIpc) is 2.89. The van der Waals surface area contributed by atoms with Crippen molar-refractivity contribution in [3.63, 3.8) is 0 Å². The molecule has 0 radical (unpaired) electrons. The summed E-state index contributed by atoms with van der Waals surface area (Å²) in [4.78, 5) is 15.6. The lowest BCUT2D eigenvalue weighted by Crippen LogP contribution is -2.24. The van der Waals surface area contributed by atoms with E-state index in [1.807, 2.05) is 19.3 Å². The molecule has 1 saturated carbocycles. The number of rotatable bonds is 6. The predicted molar refractivity (Wildman–Crippen MR) is 103 cm³/mol. The number of aryl methyl sites for hydroxylation is 1. The first kappa shape index (κ1) is 17.6. The number of anilines is 2. The Hall–Kier alpha value is -2.17. The van der Waals surface area contributed by atoms with Gasteiger partial charge >= 0.3 is 0 Å². The molecule has 5 heteroatoms. The van der Waals surface area contributed by atoms with Crippen LogP contribution in [0.2, 0.25) is 0 Å². The van der Waals surface area contributed by atoms with Crippen LogP contribution in [0.3, 0.4) is 0 Å². The van der Waals surface area contributed by atoms with E-state index in [-0.39, 0.29) is 0 Å². The standard InChI is InChI=1S/C20H29N5/c1-16-15-19(23-18-7-5-3-4-6-8-18)24-20(22-16)25(2)14-11-17-9-12-21-13-10-17/h9-10,12-13,15,18H,3-8,11,14H2,1-2H3,(H,22,23,24). The van der Waals surface area contributed by atoms with E-state index in [1.165, 1.54) is 44.1 Å². The van der Waals surface area contributed by atoms with Gasteiger partial charge in [-0.3, -0.25) is 4.98 Å². The Balaban J connectivity index is 1.63. The lowest BCUT2D eigenvalue weighted by molar-refractivity contribution is 0.617. The van der Waals surface area contributed by atoms with Crippen LogP contribution in [0.5, 0.6) is 0 Å². The molecule has 0 saturated heterocycles. The summed E-state index contributed by atoms with van der Waals surface area (Å²) in [5, 5.41) is 3.64. The minimum atomic E-state index is 0.548. The minimum Gasteiger partial charge on any atom is -0.367 e. The third kappa shape index (κ3) is 5.41. The second kappa shape index (κ2) is 8.79. The molecule has 0 aromatic carbocycles. The predicted octanol–water partition coefficient (Wildman–Crippen LogP) is 3.99. The van der Waals surface area contributed by atoms with E-state index in [0.29, 0.717) is 6.04 Å². The van der Waals surface area contributed by atoms with Crippen LogP contribution in [0, 0.1) is 6.92 Å². The largest absolute Gasteiger partial charge is 0.367 e. The Labute approximate surface area is 150 Å². The van der Waals surface area contributed by atoms with Gasteiger partial charge in [0.05, 0.1) is 0 Å². The van der Waals surface area contributed by atoms with Crippen LogP contribution in [-0.4, -0.2) is 34.6 Å². The quantitative estimate of drug-likeness (QED) is 0.806. The summed E-state index contributed by atoms with van der Waals surface area (Å²) >= 11 is 0. The van der Waals surface area contributed by atoms with Crippen LogP contribution >= 0.6 is 0 Å². The normalized spacial score (nSPS) is 15.6. The Morgan fingerprint density at radius 3 is 2.52 bits per heavy atom. The summed E-state index contributed by atoms with van der Waals surface area (Å²) in [5.74, 6) is 1.76. The third-order valence-electron chi connectivity index (χ3n) is 4.88. The summed E-state index contributed by atoms with van der Waals surface area (Å²) in [6.07, 6.45) is 12.5. The number of hydrogen-bond donors (Lipinski definition) is 1. The molecule has 134 valence electrons. The number of nitrogens with zero attached hydrogens (tertiary/aromatic N) is 4. The molecule has 0 amide bonds. The molecule has 2 aromatic heterocycles. The summed E-state index contributed by atoms with van der Waals surface area (Å²) in [6, 6.07) is 6.73. The van der Waals surface area contributed by atoms with Crippen LogP contribution in [0.15, 0.2) is 30.6 Å². The fourth-order valence-electron chi connectivity index (χ4n) is 3.38. The number of likely N-dealkylation sites (N-methyl/N-ethyl adjacent to an activating group) is 1. The zero-order valence-electron chi connectivity index (χ0n) is 15.4. The van der Waals surface area contributed by atoms with Crippen molar-refractivity contribution >= 4 is 11.8 Å². The van der Waals surface area contributed by atoms with Crippen molar-refractivity contribution in [1.82, 2.24) is 15.0 Å². The number of aromatic nitrogens is 3. The van der Waals surface area contributed by atoms with Gasteiger partial charge in [0, 0.05) is 43.8 Å². The second-order valence-electron chi connectivity index (χ2n) is 7.05. The summed E-state index contributed by atoms with van der Waals surface area (Å²) in [7, 11) is 2.06. The topological polar surface area (TPSA) is 53.9 Å². The Morgan fingerprint density at radius 2 is 1.80 bits per heavy atom. The van der Waals surface area contributed by atoms with Crippen LogP contribution < -0.4 is 10.2 Å². The van der Waals surface area contributed by atoms with Gasteiger partial charge in [-0.05, 0) is 43.9 Å². The Morgan fingerprint density at radius 1 is 1.08 bits per heavy atom. The highest BCUT2D eigenvalue weighted by atomic mass is 15.2. The van der Waals surface area contributed by atoms with Gasteiger partial charge < -0.3 is 10.2 Å². The molecule has 25 heavy (non-hydrogen) atoms. The average molecular weight is 339 g/mol. The van der Waals surface area contributed by atoms with E-state index in [2.05, 4.69) is 45.4 Å². The van der Waals surface area contributed by atoms with Gasteiger partial charge in [-0.1, -0.05) is 25.7 Å². The molecule has 2 heterocycles. The van der Waals surface area contributed by atoms with Gasteiger partial charge in [-0.15, -0.1) is 0 Å². The fraction of sp³-hybridized carbons (Fsp3) is 0.550. The van der Waals surface area contributed by atoms with Crippen molar-refractivity contribution in [1.29, 1.82) is 0 Å². The molecule has 2 aromatic rings. The van der Waals surface area contributed by atoms with Gasteiger partial charge in [0.15, 0.2) is 0 Å². The molecule has 1 aliphatic carbocycles. The summed E-state index contributed by atoms with van der Waals surface area (Å²) in [6.45, 7) is 2.93. The van der Waals surface area contributed by atoms with E-state index in [1.54, 1.807) is 0 Å². The van der Waals surface area contributed by atoms with Crippen LogP contribution in [0.1, 0.15) is 49.8 Å². The van der Waals surface area contributed by atoms with E-state index in [9.17, 15) is 0 Å². The smallest absolute Gasteiger partial charge is 0.227 e. The molecule has 0 atom stereocenters. The molecular weight excluding hydrogens is 310 g/mol. The first-order chi connectivity index (χ1) is 12.2. The molecule has 3 rings (SSSR count). The summed E-state index contributed by atoms with van der Waals surface area (Å²) < 4.78 is 0. The van der Waals surface area contributed by atoms with E-state index in [4.69, 9.17) is 4.98 Å². The van der Waals surface area contributed by atoms with Crippen molar-refractivity contribution in [2.24, 2.45) is 0 Å². The zero-order chi connectivity index (χ0) is 17.5. The highest BCUT2D eigenvalue weighted by Gasteiger charge is 2.14. The highest BCUT2D eigenvalue weighted by Crippen LogP contribution is 2.21. The van der Waals surface area contributed by atoms with Crippen molar-refractivity contribution in [2.45, 2.75) is 57.9 Å². The van der Waals surface area contributed by atoms with Gasteiger partial charge in [0.25, 0.3) is 0 Å². The molecule has 0 aliphatic heterocycles. The van der Waals surface area contributed by atoms with Gasteiger partial charge in [0.1, 0.15) is 5.82 Å². The number of nitrogens with one attached hydrogen (secondary N) is 1. The number of pyridine rings is 1. The SMILES string of the molecule is Cc1cc(NC2CCCCCC2)nc(N(C)CCc2ccncc2)n1. The maximum atomic E-state index is 4.76. The fourth-order valence-corrected chi connectivity index (χ4v) is 3.38. The van der Waals surface area contributed by atoms with Gasteiger partial charge in [-0.2, -0.15) is 4.98 Å².